The Labute approximate surface area is 121 Å². The second-order valence-corrected chi connectivity index (χ2v) is 4.15. The normalized spacial score (nSPS) is 8.00. The molecule has 0 saturated heterocycles. The highest BCUT2D eigenvalue weighted by molar-refractivity contribution is 5.13. The first kappa shape index (κ1) is 23.3. The van der Waals surface area contributed by atoms with E-state index in [1.54, 1.807) is 12.1 Å². The van der Waals surface area contributed by atoms with Crippen molar-refractivity contribution in [3.05, 3.63) is 35.6 Å². The van der Waals surface area contributed by atoms with E-state index < -0.39 is 0 Å². The van der Waals surface area contributed by atoms with Crippen molar-refractivity contribution in [3.63, 3.8) is 0 Å². The molecule has 0 radical (unpaired) electrons. The summed E-state index contributed by atoms with van der Waals surface area (Å²) in [6.45, 7) is 14.7. The van der Waals surface area contributed by atoms with Crippen LogP contribution in [0, 0.1) is 12.7 Å². The number of halogens is 1. The van der Waals surface area contributed by atoms with E-state index in [9.17, 15) is 4.39 Å². The monoisotopic (exact) mass is 270 g/mol. The van der Waals surface area contributed by atoms with Crippen LogP contribution in [0.2, 0.25) is 0 Å². The second-order valence-electron chi connectivity index (χ2n) is 4.15. The number of benzene rings is 1. The van der Waals surface area contributed by atoms with Gasteiger partial charge in [0.15, 0.2) is 0 Å². The van der Waals surface area contributed by atoms with Gasteiger partial charge in [-0.1, -0.05) is 91.3 Å². The van der Waals surface area contributed by atoms with E-state index >= 15 is 0 Å². The predicted molar refractivity (Wildman–Crippen MR) is 88.3 cm³/mol. The summed E-state index contributed by atoms with van der Waals surface area (Å²) >= 11 is 0. The Morgan fingerprint density at radius 1 is 0.737 bits per heavy atom. The van der Waals surface area contributed by atoms with Crippen LogP contribution in [0.1, 0.15) is 79.2 Å². The standard InChI is InChI=1S/C7H7F.C5H12.C4H10.C2H6/c1-6-2-4-7(8)5-3-6;1-3-5-4-2;1-3-4-2;1-2/h2-5H,1H3;3-5H2,1-2H3;3-4H2,1-2H3;1-2H3. The summed E-state index contributed by atoms with van der Waals surface area (Å²) in [7, 11) is 0. The first-order valence-corrected chi connectivity index (χ1v) is 7.84. The third kappa shape index (κ3) is 26.7. The van der Waals surface area contributed by atoms with Crippen molar-refractivity contribution >= 4 is 0 Å². The minimum atomic E-state index is -0.171. The summed E-state index contributed by atoms with van der Waals surface area (Å²) in [6.07, 6.45) is 6.72. The van der Waals surface area contributed by atoms with E-state index in [4.69, 9.17) is 0 Å². The van der Waals surface area contributed by atoms with Crippen molar-refractivity contribution in [2.45, 2.75) is 80.6 Å². The first-order valence-electron chi connectivity index (χ1n) is 7.84. The van der Waals surface area contributed by atoms with Crippen molar-refractivity contribution in [1.82, 2.24) is 0 Å². The van der Waals surface area contributed by atoms with E-state index in [1.165, 1.54) is 44.2 Å². The zero-order chi connectivity index (χ0) is 15.5. The fourth-order valence-corrected chi connectivity index (χ4v) is 0.887. The zero-order valence-electron chi connectivity index (χ0n) is 14.2. The topological polar surface area (TPSA) is 0 Å². The maximum atomic E-state index is 12.1. The molecular formula is C18H35F. The molecule has 0 nitrogen and oxygen atoms in total. The third-order valence-electron chi connectivity index (χ3n) is 2.22. The van der Waals surface area contributed by atoms with Gasteiger partial charge in [0.25, 0.3) is 0 Å². The molecule has 1 aromatic carbocycles. The zero-order valence-corrected chi connectivity index (χ0v) is 14.2. The Morgan fingerprint density at radius 2 is 1.11 bits per heavy atom. The molecule has 0 aromatic heterocycles. The minimum Gasteiger partial charge on any atom is -0.207 e. The van der Waals surface area contributed by atoms with Gasteiger partial charge in [0.1, 0.15) is 5.82 Å². The predicted octanol–water partition coefficient (Wildman–Crippen LogP) is 7.16. The summed E-state index contributed by atoms with van der Waals surface area (Å²) in [4.78, 5) is 0. The summed E-state index contributed by atoms with van der Waals surface area (Å²) in [6, 6.07) is 6.40. The smallest absolute Gasteiger partial charge is 0.123 e. The number of unbranched alkanes of at least 4 members (excludes halogenated alkanes) is 3. The molecule has 1 heteroatoms. The Kier molecular flexibility index (Phi) is 27.3. The Balaban J connectivity index is -0.000000203. The molecule has 0 fully saturated rings. The number of rotatable bonds is 3. The van der Waals surface area contributed by atoms with Crippen LogP contribution < -0.4 is 0 Å². The van der Waals surface area contributed by atoms with Crippen LogP contribution in [0.5, 0.6) is 0 Å². The molecule has 0 atom stereocenters. The average molecular weight is 270 g/mol. The molecule has 1 rings (SSSR count). The summed E-state index contributed by atoms with van der Waals surface area (Å²) in [5, 5.41) is 0. The molecule has 0 unspecified atom stereocenters. The van der Waals surface area contributed by atoms with Crippen LogP contribution in [0.3, 0.4) is 0 Å². The van der Waals surface area contributed by atoms with E-state index in [0.29, 0.717) is 0 Å². The van der Waals surface area contributed by atoms with Crippen LogP contribution in [-0.4, -0.2) is 0 Å². The van der Waals surface area contributed by atoms with E-state index in [2.05, 4.69) is 27.7 Å². The molecule has 0 aliphatic rings. The van der Waals surface area contributed by atoms with Gasteiger partial charge in [-0.15, -0.1) is 0 Å². The molecule has 0 aliphatic carbocycles. The number of hydrogen-bond acceptors (Lipinski definition) is 0. The van der Waals surface area contributed by atoms with Crippen molar-refractivity contribution in [2.75, 3.05) is 0 Å². The maximum absolute atomic E-state index is 12.1. The summed E-state index contributed by atoms with van der Waals surface area (Å²) in [5.41, 5.74) is 1.09. The van der Waals surface area contributed by atoms with Crippen LogP contribution in [0.4, 0.5) is 4.39 Å². The minimum absolute atomic E-state index is 0.171. The van der Waals surface area contributed by atoms with Crippen LogP contribution in [0.15, 0.2) is 24.3 Å². The van der Waals surface area contributed by atoms with Gasteiger partial charge in [0.2, 0.25) is 0 Å². The van der Waals surface area contributed by atoms with Crippen molar-refractivity contribution in [3.8, 4) is 0 Å². The van der Waals surface area contributed by atoms with E-state index in [0.717, 1.165) is 5.56 Å². The fourth-order valence-electron chi connectivity index (χ4n) is 0.887. The van der Waals surface area contributed by atoms with Gasteiger partial charge in [-0.3, -0.25) is 0 Å². The van der Waals surface area contributed by atoms with Gasteiger partial charge in [-0.2, -0.15) is 0 Å². The second kappa shape index (κ2) is 22.3. The van der Waals surface area contributed by atoms with E-state index in [1.807, 2.05) is 20.8 Å². The lowest BCUT2D eigenvalue weighted by Gasteiger charge is -1.87. The molecule has 0 saturated carbocycles. The Morgan fingerprint density at radius 3 is 1.26 bits per heavy atom. The molecule has 0 heterocycles. The summed E-state index contributed by atoms with van der Waals surface area (Å²) in [5.74, 6) is -0.171. The quantitative estimate of drug-likeness (QED) is 0.546. The lowest BCUT2D eigenvalue weighted by atomic mass is 10.2. The highest BCUT2D eigenvalue weighted by atomic mass is 19.1. The van der Waals surface area contributed by atoms with Gasteiger partial charge in [-0.05, 0) is 19.1 Å². The Hall–Kier alpha value is -0.850. The Bertz CT molecular complexity index is 201. The molecule has 0 bridgehead atoms. The van der Waals surface area contributed by atoms with Crippen LogP contribution in [-0.2, 0) is 0 Å². The van der Waals surface area contributed by atoms with Crippen molar-refractivity contribution in [2.24, 2.45) is 0 Å². The molecule has 0 aliphatic heterocycles. The molecule has 19 heavy (non-hydrogen) atoms. The summed E-state index contributed by atoms with van der Waals surface area (Å²) < 4.78 is 12.1. The average Bonchev–Trinajstić information content (AvgIpc) is 2.46. The third-order valence-corrected chi connectivity index (χ3v) is 2.22. The van der Waals surface area contributed by atoms with Crippen molar-refractivity contribution < 1.29 is 4.39 Å². The molecule has 0 amide bonds. The lowest BCUT2D eigenvalue weighted by molar-refractivity contribution is 0.627. The molecule has 0 N–H and O–H groups in total. The molecule has 114 valence electrons. The molecule has 1 aromatic rings. The van der Waals surface area contributed by atoms with Crippen molar-refractivity contribution in [1.29, 1.82) is 0 Å². The highest BCUT2D eigenvalue weighted by Gasteiger charge is 1.83. The van der Waals surface area contributed by atoms with Gasteiger partial charge in [-0.25, -0.2) is 4.39 Å². The lowest BCUT2D eigenvalue weighted by Crippen LogP contribution is -1.71. The van der Waals surface area contributed by atoms with E-state index in [-0.39, 0.29) is 5.82 Å². The SMILES string of the molecule is CC.CCCC.CCCCC.Cc1ccc(F)cc1. The van der Waals surface area contributed by atoms with Gasteiger partial charge in [0, 0.05) is 0 Å². The largest absolute Gasteiger partial charge is 0.207 e. The van der Waals surface area contributed by atoms with Gasteiger partial charge < -0.3 is 0 Å². The number of aryl methyl sites for hydroxylation is 1. The first-order chi connectivity index (χ1) is 9.12. The molecular weight excluding hydrogens is 235 g/mol. The van der Waals surface area contributed by atoms with Crippen LogP contribution >= 0.6 is 0 Å². The molecule has 0 spiro atoms. The number of hydrogen-bond donors (Lipinski definition) is 0. The fraction of sp³-hybridized carbons (Fsp3) is 0.667. The van der Waals surface area contributed by atoms with Gasteiger partial charge >= 0.3 is 0 Å². The van der Waals surface area contributed by atoms with Crippen LogP contribution in [0.25, 0.3) is 0 Å². The highest BCUT2D eigenvalue weighted by Crippen LogP contribution is 1.98. The van der Waals surface area contributed by atoms with Gasteiger partial charge in [0.05, 0.1) is 0 Å². The maximum Gasteiger partial charge on any atom is 0.123 e.